The van der Waals surface area contributed by atoms with Crippen LogP contribution in [-0.2, 0) is 23.3 Å². The fourth-order valence-electron chi connectivity index (χ4n) is 5.06. The molecule has 5 rings (SSSR count). The topological polar surface area (TPSA) is 84.6 Å². The summed E-state index contributed by atoms with van der Waals surface area (Å²) in [6.07, 6.45) is -0.402. The average molecular weight is 509 g/mol. The molecule has 10 heteroatoms. The molecule has 0 bridgehead atoms. The smallest absolute Gasteiger partial charge is 0.256 e. The summed E-state index contributed by atoms with van der Waals surface area (Å²) in [5.41, 5.74) is 1.79. The van der Waals surface area contributed by atoms with E-state index in [1.165, 1.54) is 6.07 Å². The molecule has 0 unspecified atom stereocenters. The number of halogens is 2. The van der Waals surface area contributed by atoms with Gasteiger partial charge in [-0.2, -0.15) is 5.10 Å². The maximum absolute atomic E-state index is 14.1. The monoisotopic (exact) mass is 508 g/mol. The number of hydrogen-bond acceptors (Lipinski definition) is 5. The molecule has 1 saturated heterocycles. The van der Waals surface area contributed by atoms with Crippen molar-refractivity contribution < 1.29 is 18.4 Å². The van der Waals surface area contributed by atoms with Crippen LogP contribution in [0.5, 0.6) is 0 Å². The summed E-state index contributed by atoms with van der Waals surface area (Å²) in [5, 5.41) is 10.1. The molecule has 2 amide bonds. The van der Waals surface area contributed by atoms with E-state index in [2.05, 4.69) is 32.4 Å². The minimum absolute atomic E-state index is 0.157. The van der Waals surface area contributed by atoms with Crippen molar-refractivity contribution in [3.63, 3.8) is 0 Å². The Morgan fingerprint density at radius 3 is 2.43 bits per heavy atom. The van der Waals surface area contributed by atoms with Crippen molar-refractivity contribution in [1.29, 1.82) is 0 Å². The fourth-order valence-corrected chi connectivity index (χ4v) is 5.06. The van der Waals surface area contributed by atoms with Crippen LogP contribution in [0.1, 0.15) is 41.0 Å². The minimum Gasteiger partial charge on any atom is -0.369 e. The second-order valence-corrected chi connectivity index (χ2v) is 10.1. The first-order valence-corrected chi connectivity index (χ1v) is 12.3. The highest BCUT2D eigenvalue weighted by Gasteiger charge is 2.44. The van der Waals surface area contributed by atoms with E-state index in [9.17, 15) is 18.4 Å². The van der Waals surface area contributed by atoms with E-state index in [0.717, 1.165) is 44.0 Å². The highest BCUT2D eigenvalue weighted by atomic mass is 19.1. The first-order chi connectivity index (χ1) is 17.6. The molecule has 2 aliphatic heterocycles. The number of rotatable bonds is 5. The van der Waals surface area contributed by atoms with E-state index in [0.29, 0.717) is 22.6 Å². The van der Waals surface area contributed by atoms with Crippen LogP contribution in [0.4, 0.5) is 20.3 Å². The fraction of sp³-hybridized carbons (Fsp3) is 0.370. The van der Waals surface area contributed by atoms with Crippen LogP contribution in [-0.4, -0.2) is 65.0 Å². The number of anilines is 2. The van der Waals surface area contributed by atoms with Crippen LogP contribution in [0.25, 0.3) is 0 Å². The number of carbonyl (C=O) groups excluding carboxylic acids is 2. The lowest BCUT2D eigenvalue weighted by atomic mass is 10.00. The number of aromatic amines is 1. The van der Waals surface area contributed by atoms with Crippen LogP contribution in [0.15, 0.2) is 42.5 Å². The van der Waals surface area contributed by atoms with E-state index < -0.39 is 29.5 Å². The average Bonchev–Trinajstić information content (AvgIpc) is 3.39. The van der Waals surface area contributed by atoms with Gasteiger partial charge in [0.15, 0.2) is 5.82 Å². The Kier molecular flexibility index (Phi) is 6.45. The largest absolute Gasteiger partial charge is 0.369 e. The standard InChI is InChI=1S/C27H30F2N6O2/c1-27(2)24-20(16-35(27)23(36)15-19-21(28)8-5-9-22(19)29)25(32-31-24)30-26(37)17-6-4-7-18(14-17)34-12-10-33(3)11-13-34/h4-9,14H,10-13,15-16H2,1-3H3,(H2,30,31,32,37). The number of nitrogens with zero attached hydrogens (tertiary/aromatic N) is 4. The van der Waals surface area contributed by atoms with Crippen molar-refractivity contribution in [3.05, 3.63) is 76.5 Å². The number of amides is 2. The number of aromatic nitrogens is 2. The molecule has 0 atom stereocenters. The summed E-state index contributed by atoms with van der Waals surface area (Å²) in [7, 11) is 2.09. The van der Waals surface area contributed by atoms with Crippen molar-refractivity contribution in [2.45, 2.75) is 32.4 Å². The first kappa shape index (κ1) is 24.9. The number of fused-ring (bicyclic) bond motifs is 1. The van der Waals surface area contributed by atoms with Gasteiger partial charge in [-0.15, -0.1) is 0 Å². The molecule has 8 nitrogen and oxygen atoms in total. The van der Waals surface area contributed by atoms with Crippen LogP contribution < -0.4 is 10.2 Å². The lowest BCUT2D eigenvalue weighted by Crippen LogP contribution is -2.44. The second-order valence-electron chi connectivity index (χ2n) is 10.1. The zero-order valence-corrected chi connectivity index (χ0v) is 21.1. The Morgan fingerprint density at radius 2 is 1.73 bits per heavy atom. The third kappa shape index (κ3) is 4.69. The summed E-state index contributed by atoms with van der Waals surface area (Å²) in [5.74, 6) is -1.89. The van der Waals surface area contributed by atoms with Gasteiger partial charge in [0.25, 0.3) is 5.91 Å². The Hall–Kier alpha value is -3.79. The quantitative estimate of drug-likeness (QED) is 0.551. The van der Waals surface area contributed by atoms with Gasteiger partial charge in [-0.1, -0.05) is 12.1 Å². The number of likely N-dealkylation sites (N-methyl/N-ethyl adjacent to an activating group) is 1. The van der Waals surface area contributed by atoms with E-state index in [1.807, 2.05) is 32.0 Å². The SMILES string of the molecule is CN1CCN(c2cccc(C(=O)Nc3n[nH]c4c3CN(C(=O)Cc3c(F)cccc3F)C4(C)C)c2)CC1. The number of benzene rings is 2. The third-order valence-electron chi connectivity index (χ3n) is 7.37. The van der Waals surface area contributed by atoms with Crippen molar-refractivity contribution in [2.75, 3.05) is 43.4 Å². The van der Waals surface area contributed by atoms with Crippen LogP contribution >= 0.6 is 0 Å². The van der Waals surface area contributed by atoms with Crippen molar-refractivity contribution >= 4 is 23.3 Å². The molecule has 0 saturated carbocycles. The summed E-state index contributed by atoms with van der Waals surface area (Å²) in [4.78, 5) is 32.3. The molecule has 0 aliphatic carbocycles. The molecule has 1 aromatic heterocycles. The van der Waals surface area contributed by atoms with E-state index in [-0.39, 0.29) is 18.0 Å². The predicted molar refractivity (Wildman–Crippen MR) is 136 cm³/mol. The maximum Gasteiger partial charge on any atom is 0.256 e. The number of nitrogens with one attached hydrogen (secondary N) is 2. The zero-order valence-electron chi connectivity index (χ0n) is 21.1. The van der Waals surface area contributed by atoms with Crippen LogP contribution in [0.2, 0.25) is 0 Å². The Labute approximate surface area is 214 Å². The lowest BCUT2D eigenvalue weighted by Gasteiger charge is -2.34. The first-order valence-electron chi connectivity index (χ1n) is 12.3. The summed E-state index contributed by atoms with van der Waals surface area (Å²) >= 11 is 0. The summed E-state index contributed by atoms with van der Waals surface area (Å²) < 4.78 is 28.3. The molecule has 0 spiro atoms. The van der Waals surface area contributed by atoms with Gasteiger partial charge in [0, 0.05) is 48.6 Å². The van der Waals surface area contributed by atoms with E-state index in [1.54, 1.807) is 11.0 Å². The van der Waals surface area contributed by atoms with Gasteiger partial charge < -0.3 is 20.0 Å². The normalized spacial score (nSPS) is 17.1. The van der Waals surface area contributed by atoms with Gasteiger partial charge in [0.2, 0.25) is 5.91 Å². The van der Waals surface area contributed by atoms with E-state index in [4.69, 9.17) is 0 Å². The van der Waals surface area contributed by atoms with Gasteiger partial charge in [0.05, 0.1) is 24.2 Å². The zero-order chi connectivity index (χ0) is 26.3. The van der Waals surface area contributed by atoms with Crippen molar-refractivity contribution in [3.8, 4) is 0 Å². The summed E-state index contributed by atoms with van der Waals surface area (Å²) in [6, 6.07) is 11.0. The van der Waals surface area contributed by atoms with Gasteiger partial charge >= 0.3 is 0 Å². The lowest BCUT2D eigenvalue weighted by molar-refractivity contribution is -0.136. The molecule has 194 valence electrons. The second kappa shape index (κ2) is 9.59. The van der Waals surface area contributed by atoms with Crippen molar-refractivity contribution in [1.82, 2.24) is 20.0 Å². The predicted octanol–water partition coefficient (Wildman–Crippen LogP) is 3.51. The number of H-pyrrole nitrogens is 1. The Balaban J connectivity index is 1.32. The van der Waals surface area contributed by atoms with Crippen LogP contribution in [0, 0.1) is 11.6 Å². The molecule has 3 heterocycles. The van der Waals surface area contributed by atoms with Gasteiger partial charge in [-0.3, -0.25) is 14.7 Å². The molecular formula is C27H30F2N6O2. The highest BCUT2D eigenvalue weighted by molar-refractivity contribution is 6.04. The summed E-state index contributed by atoms with van der Waals surface area (Å²) in [6.45, 7) is 7.53. The number of hydrogen-bond donors (Lipinski definition) is 2. The van der Waals surface area contributed by atoms with E-state index >= 15 is 0 Å². The minimum atomic E-state index is -0.800. The molecular weight excluding hydrogens is 478 g/mol. The van der Waals surface area contributed by atoms with Crippen molar-refractivity contribution in [2.24, 2.45) is 0 Å². The Morgan fingerprint density at radius 1 is 1.05 bits per heavy atom. The van der Waals surface area contributed by atoms with Gasteiger partial charge in [-0.05, 0) is 51.2 Å². The molecule has 2 aromatic carbocycles. The Bertz CT molecular complexity index is 1330. The molecule has 2 N–H and O–H groups in total. The van der Waals surface area contributed by atoms with Gasteiger partial charge in [-0.25, -0.2) is 8.78 Å². The van der Waals surface area contributed by atoms with Crippen LogP contribution in [0.3, 0.4) is 0 Å². The third-order valence-corrected chi connectivity index (χ3v) is 7.37. The molecule has 1 fully saturated rings. The number of carbonyl (C=O) groups is 2. The maximum atomic E-state index is 14.1. The molecule has 37 heavy (non-hydrogen) atoms. The molecule has 3 aromatic rings. The van der Waals surface area contributed by atoms with Gasteiger partial charge in [0.1, 0.15) is 11.6 Å². The highest BCUT2D eigenvalue weighted by Crippen LogP contribution is 2.41. The number of piperazine rings is 1. The molecule has 0 radical (unpaired) electrons. The molecule has 2 aliphatic rings.